The van der Waals surface area contributed by atoms with Crippen molar-refractivity contribution >= 4 is 23.2 Å². The number of esters is 1. The largest absolute Gasteiger partial charge is 0.405 e. The summed E-state index contributed by atoms with van der Waals surface area (Å²) in [6.07, 6.45) is 3.27. The van der Waals surface area contributed by atoms with Gasteiger partial charge in [0, 0.05) is 30.6 Å². The number of nitrogens with one attached hydrogen (secondary N) is 1. The number of nitrogens with two attached hydrogens (primary N) is 1. The Kier molecular flexibility index (Phi) is 4.33. The molecule has 0 aliphatic rings. The molecule has 120 valence electrons. The molecule has 7 heteroatoms. The first kappa shape index (κ1) is 15.4. The zero-order chi connectivity index (χ0) is 16.9. The molecule has 2 heterocycles. The maximum atomic E-state index is 11.3. The van der Waals surface area contributed by atoms with E-state index in [0.29, 0.717) is 17.2 Å². The maximum Gasteiger partial charge on any atom is 0.309 e. The van der Waals surface area contributed by atoms with Crippen LogP contribution >= 0.6 is 0 Å². The highest BCUT2D eigenvalue weighted by Gasteiger charge is 2.16. The first-order chi connectivity index (χ1) is 11.6. The maximum absolute atomic E-state index is 11.3. The Balaban J connectivity index is 2.07. The van der Waals surface area contributed by atoms with Crippen LogP contribution in [0.4, 0.5) is 17.2 Å². The molecular formula is C17H15N5O2. The predicted molar refractivity (Wildman–Crippen MR) is 90.7 cm³/mol. The van der Waals surface area contributed by atoms with Gasteiger partial charge < -0.3 is 15.8 Å². The van der Waals surface area contributed by atoms with E-state index in [2.05, 4.69) is 20.3 Å². The molecule has 0 aliphatic heterocycles. The third-order valence-electron chi connectivity index (χ3n) is 3.11. The van der Waals surface area contributed by atoms with Crippen LogP contribution in [-0.4, -0.2) is 20.9 Å². The highest BCUT2D eigenvalue weighted by molar-refractivity contribution is 5.78. The second-order valence-corrected chi connectivity index (χ2v) is 4.94. The third kappa shape index (κ3) is 3.46. The SMILES string of the molecule is CC(=O)Oc1nc(-c2cccnc2)nc(Nc2ccccc2)c1N. The summed E-state index contributed by atoms with van der Waals surface area (Å²) in [5.74, 6) is 0.205. The number of pyridine rings is 1. The van der Waals surface area contributed by atoms with Gasteiger partial charge in [-0.15, -0.1) is 0 Å². The Morgan fingerprint density at radius 3 is 2.58 bits per heavy atom. The first-order valence-electron chi connectivity index (χ1n) is 7.22. The van der Waals surface area contributed by atoms with Crippen LogP contribution in [0.1, 0.15) is 6.92 Å². The van der Waals surface area contributed by atoms with Crippen LogP contribution < -0.4 is 15.8 Å². The minimum atomic E-state index is -0.511. The molecule has 0 saturated heterocycles. The van der Waals surface area contributed by atoms with E-state index < -0.39 is 5.97 Å². The Morgan fingerprint density at radius 2 is 1.92 bits per heavy atom. The van der Waals surface area contributed by atoms with Crippen molar-refractivity contribution < 1.29 is 9.53 Å². The lowest BCUT2D eigenvalue weighted by molar-refractivity contribution is -0.132. The summed E-state index contributed by atoms with van der Waals surface area (Å²) in [6, 6.07) is 13.0. The van der Waals surface area contributed by atoms with Crippen LogP contribution in [0.25, 0.3) is 11.4 Å². The van der Waals surface area contributed by atoms with Gasteiger partial charge >= 0.3 is 5.97 Å². The van der Waals surface area contributed by atoms with Crippen LogP contribution in [-0.2, 0) is 4.79 Å². The number of hydrogen-bond donors (Lipinski definition) is 2. The van der Waals surface area contributed by atoms with Crippen molar-refractivity contribution in [1.82, 2.24) is 15.0 Å². The third-order valence-corrected chi connectivity index (χ3v) is 3.11. The van der Waals surface area contributed by atoms with Crippen molar-refractivity contribution in [2.75, 3.05) is 11.1 Å². The second kappa shape index (κ2) is 6.74. The van der Waals surface area contributed by atoms with E-state index in [4.69, 9.17) is 10.5 Å². The van der Waals surface area contributed by atoms with Gasteiger partial charge in [0.25, 0.3) is 5.88 Å². The zero-order valence-electron chi connectivity index (χ0n) is 12.9. The summed E-state index contributed by atoms with van der Waals surface area (Å²) in [6.45, 7) is 1.29. The molecule has 3 aromatic rings. The Morgan fingerprint density at radius 1 is 1.12 bits per heavy atom. The number of nitrogens with zero attached hydrogens (tertiary/aromatic N) is 3. The van der Waals surface area contributed by atoms with Crippen molar-refractivity contribution in [3.05, 3.63) is 54.9 Å². The lowest BCUT2D eigenvalue weighted by Crippen LogP contribution is -2.10. The zero-order valence-corrected chi connectivity index (χ0v) is 12.9. The molecule has 0 aliphatic carbocycles. The number of nitrogen functional groups attached to an aromatic ring is 1. The average molecular weight is 321 g/mol. The molecule has 0 unspecified atom stereocenters. The molecule has 3 rings (SSSR count). The van der Waals surface area contributed by atoms with Crippen LogP contribution in [0.15, 0.2) is 54.9 Å². The molecule has 24 heavy (non-hydrogen) atoms. The average Bonchev–Trinajstić information content (AvgIpc) is 2.59. The van der Waals surface area contributed by atoms with E-state index in [1.165, 1.54) is 6.92 Å². The van der Waals surface area contributed by atoms with Crippen LogP contribution in [0.2, 0.25) is 0 Å². The van der Waals surface area contributed by atoms with Crippen molar-refractivity contribution in [3.8, 4) is 17.3 Å². The summed E-state index contributed by atoms with van der Waals surface area (Å²) in [4.78, 5) is 24.0. The van der Waals surface area contributed by atoms with E-state index >= 15 is 0 Å². The molecule has 0 bridgehead atoms. The van der Waals surface area contributed by atoms with Crippen molar-refractivity contribution in [2.24, 2.45) is 0 Å². The number of ether oxygens (including phenoxy) is 1. The summed E-state index contributed by atoms with van der Waals surface area (Å²) in [5.41, 5.74) is 7.68. The molecule has 7 nitrogen and oxygen atoms in total. The second-order valence-electron chi connectivity index (χ2n) is 4.94. The highest BCUT2D eigenvalue weighted by Crippen LogP contribution is 2.31. The van der Waals surface area contributed by atoms with Gasteiger partial charge in [-0.1, -0.05) is 18.2 Å². The fourth-order valence-corrected chi connectivity index (χ4v) is 2.04. The first-order valence-corrected chi connectivity index (χ1v) is 7.22. The van der Waals surface area contributed by atoms with E-state index in [9.17, 15) is 4.79 Å². The summed E-state index contributed by atoms with van der Waals surface area (Å²) in [7, 11) is 0. The van der Waals surface area contributed by atoms with Gasteiger partial charge in [-0.25, -0.2) is 4.98 Å². The Bertz CT molecular complexity index is 854. The minimum absolute atomic E-state index is 0.00906. The van der Waals surface area contributed by atoms with Crippen molar-refractivity contribution in [1.29, 1.82) is 0 Å². The van der Waals surface area contributed by atoms with Crippen molar-refractivity contribution in [3.63, 3.8) is 0 Å². The van der Waals surface area contributed by atoms with Gasteiger partial charge in [-0.2, -0.15) is 4.98 Å². The number of aromatic nitrogens is 3. The molecule has 3 N–H and O–H groups in total. The van der Waals surface area contributed by atoms with Gasteiger partial charge in [0.05, 0.1) is 0 Å². The molecule has 0 fully saturated rings. The standard InChI is InChI=1S/C17H15N5O2/c1-11(23)24-17-14(18)16(20-13-7-3-2-4-8-13)21-15(22-17)12-6-5-9-19-10-12/h2-10H,18H2,1H3,(H,20,21,22). The minimum Gasteiger partial charge on any atom is -0.405 e. The van der Waals surface area contributed by atoms with Gasteiger partial charge in [0.2, 0.25) is 0 Å². The Hall–Kier alpha value is -3.48. The highest BCUT2D eigenvalue weighted by atomic mass is 16.5. The fraction of sp³-hybridized carbons (Fsp3) is 0.0588. The van der Waals surface area contributed by atoms with Crippen LogP contribution in [0, 0.1) is 0 Å². The van der Waals surface area contributed by atoms with Crippen LogP contribution in [0.3, 0.4) is 0 Å². The van der Waals surface area contributed by atoms with Gasteiger partial charge in [-0.05, 0) is 24.3 Å². The quantitative estimate of drug-likeness (QED) is 0.712. The number of benzene rings is 1. The Labute approximate surface area is 138 Å². The topological polar surface area (TPSA) is 103 Å². The number of anilines is 3. The summed E-state index contributed by atoms with van der Waals surface area (Å²) >= 11 is 0. The van der Waals surface area contributed by atoms with E-state index in [1.54, 1.807) is 18.5 Å². The summed E-state index contributed by atoms with van der Waals surface area (Å²) in [5, 5.41) is 3.11. The molecule has 1 aromatic carbocycles. The van der Waals surface area contributed by atoms with Gasteiger partial charge in [0.15, 0.2) is 11.6 Å². The van der Waals surface area contributed by atoms with Crippen LogP contribution in [0.5, 0.6) is 5.88 Å². The van der Waals surface area contributed by atoms with Gasteiger partial charge in [0.1, 0.15) is 5.69 Å². The normalized spacial score (nSPS) is 10.2. The summed E-state index contributed by atoms with van der Waals surface area (Å²) < 4.78 is 5.11. The van der Waals surface area contributed by atoms with Crippen molar-refractivity contribution in [2.45, 2.75) is 6.92 Å². The van der Waals surface area contributed by atoms with E-state index in [0.717, 1.165) is 5.69 Å². The lowest BCUT2D eigenvalue weighted by Gasteiger charge is -2.13. The monoisotopic (exact) mass is 321 g/mol. The van der Waals surface area contributed by atoms with E-state index in [-0.39, 0.29) is 11.6 Å². The number of hydrogen-bond acceptors (Lipinski definition) is 7. The number of para-hydroxylation sites is 1. The predicted octanol–water partition coefficient (Wildman–Crippen LogP) is 2.79. The number of rotatable bonds is 4. The number of carbonyl (C=O) groups excluding carboxylic acids is 1. The molecule has 0 saturated carbocycles. The molecule has 0 spiro atoms. The smallest absolute Gasteiger partial charge is 0.309 e. The molecule has 0 atom stereocenters. The van der Waals surface area contributed by atoms with Gasteiger partial charge in [-0.3, -0.25) is 9.78 Å². The number of carbonyl (C=O) groups is 1. The fourth-order valence-electron chi connectivity index (χ4n) is 2.04. The molecule has 2 aromatic heterocycles. The lowest BCUT2D eigenvalue weighted by atomic mass is 10.2. The molecule has 0 radical (unpaired) electrons. The van der Waals surface area contributed by atoms with E-state index in [1.807, 2.05) is 36.4 Å². The molecular weight excluding hydrogens is 306 g/mol. The molecule has 0 amide bonds.